The summed E-state index contributed by atoms with van der Waals surface area (Å²) in [6, 6.07) is 17.5. The molecule has 0 amide bonds. The summed E-state index contributed by atoms with van der Waals surface area (Å²) in [5.41, 5.74) is 5.42. The second kappa shape index (κ2) is 5.83. The lowest BCUT2D eigenvalue weighted by Gasteiger charge is -2.22. The van der Waals surface area contributed by atoms with Crippen LogP contribution in [0.5, 0.6) is 0 Å². The maximum absolute atomic E-state index is 3.60. The first kappa shape index (κ1) is 12.8. The predicted octanol–water partition coefficient (Wildman–Crippen LogP) is 4.00. The number of aryl methyl sites for hydroxylation is 2. The number of hydrogen-bond acceptors (Lipinski definition) is 1. The minimum Gasteiger partial charge on any atom is -0.307 e. The standard InChI is InChI=1S/C17H21N/c1-4-18-17(15-11-7-5-9-13(15)2)16-12-8-6-10-14(16)3/h5-12,17-18H,4H2,1-3H3. The molecular weight excluding hydrogens is 218 g/mol. The van der Waals surface area contributed by atoms with Gasteiger partial charge in [0.25, 0.3) is 0 Å². The molecule has 0 aliphatic rings. The van der Waals surface area contributed by atoms with Gasteiger partial charge in [-0.15, -0.1) is 0 Å². The second-order valence-corrected chi connectivity index (χ2v) is 4.70. The van der Waals surface area contributed by atoms with Crippen LogP contribution in [0.15, 0.2) is 48.5 Å². The van der Waals surface area contributed by atoms with Crippen molar-refractivity contribution in [3.8, 4) is 0 Å². The zero-order valence-corrected chi connectivity index (χ0v) is 11.4. The molecule has 94 valence electrons. The summed E-state index contributed by atoms with van der Waals surface area (Å²) in [6.45, 7) is 7.48. The van der Waals surface area contributed by atoms with Gasteiger partial charge in [0.15, 0.2) is 0 Å². The van der Waals surface area contributed by atoms with E-state index in [-0.39, 0.29) is 6.04 Å². The van der Waals surface area contributed by atoms with E-state index in [2.05, 4.69) is 74.6 Å². The molecule has 1 heteroatoms. The summed E-state index contributed by atoms with van der Waals surface area (Å²) >= 11 is 0. The van der Waals surface area contributed by atoms with E-state index in [1.165, 1.54) is 22.3 Å². The molecule has 2 aromatic rings. The first-order valence-corrected chi connectivity index (χ1v) is 6.58. The van der Waals surface area contributed by atoms with Gasteiger partial charge < -0.3 is 5.32 Å². The van der Waals surface area contributed by atoms with Gasteiger partial charge in [0, 0.05) is 0 Å². The number of benzene rings is 2. The Bertz CT molecular complexity index is 471. The Morgan fingerprint density at radius 3 is 1.67 bits per heavy atom. The normalized spacial score (nSPS) is 10.9. The molecule has 1 N–H and O–H groups in total. The summed E-state index contributed by atoms with van der Waals surface area (Å²) in [4.78, 5) is 0. The zero-order chi connectivity index (χ0) is 13.0. The van der Waals surface area contributed by atoms with Crippen LogP contribution in [0.2, 0.25) is 0 Å². The van der Waals surface area contributed by atoms with Crippen LogP contribution in [0.4, 0.5) is 0 Å². The van der Waals surface area contributed by atoms with Crippen LogP contribution in [0.25, 0.3) is 0 Å². The monoisotopic (exact) mass is 239 g/mol. The van der Waals surface area contributed by atoms with Crippen LogP contribution in [-0.2, 0) is 0 Å². The SMILES string of the molecule is CCNC(c1ccccc1C)c1ccccc1C. The number of hydrogen-bond donors (Lipinski definition) is 1. The fourth-order valence-corrected chi connectivity index (χ4v) is 2.41. The Morgan fingerprint density at radius 2 is 1.28 bits per heavy atom. The lowest BCUT2D eigenvalue weighted by Crippen LogP contribution is -2.23. The van der Waals surface area contributed by atoms with Gasteiger partial charge in [-0.25, -0.2) is 0 Å². The Labute approximate surface area is 110 Å². The van der Waals surface area contributed by atoms with Gasteiger partial charge in [-0.2, -0.15) is 0 Å². The highest BCUT2D eigenvalue weighted by Crippen LogP contribution is 2.26. The Balaban J connectivity index is 2.47. The van der Waals surface area contributed by atoms with Crippen molar-refractivity contribution in [2.45, 2.75) is 26.8 Å². The van der Waals surface area contributed by atoms with E-state index < -0.39 is 0 Å². The van der Waals surface area contributed by atoms with E-state index in [0.717, 1.165) is 6.54 Å². The summed E-state index contributed by atoms with van der Waals surface area (Å²) in [7, 11) is 0. The van der Waals surface area contributed by atoms with E-state index in [1.807, 2.05) is 0 Å². The van der Waals surface area contributed by atoms with Crippen LogP contribution in [0, 0.1) is 13.8 Å². The molecule has 0 aliphatic heterocycles. The summed E-state index contributed by atoms with van der Waals surface area (Å²) in [5, 5.41) is 3.60. The number of rotatable bonds is 4. The molecule has 0 spiro atoms. The average Bonchev–Trinajstić information content (AvgIpc) is 2.38. The Morgan fingerprint density at radius 1 is 0.833 bits per heavy atom. The molecule has 1 nitrogen and oxygen atoms in total. The Hall–Kier alpha value is -1.60. The fourth-order valence-electron chi connectivity index (χ4n) is 2.41. The third-order valence-corrected chi connectivity index (χ3v) is 3.41. The quantitative estimate of drug-likeness (QED) is 0.850. The first-order chi connectivity index (χ1) is 8.74. The molecule has 0 aliphatic carbocycles. The summed E-state index contributed by atoms with van der Waals surface area (Å²) in [6.07, 6.45) is 0. The number of nitrogens with one attached hydrogen (secondary N) is 1. The van der Waals surface area contributed by atoms with Crippen molar-refractivity contribution in [2.24, 2.45) is 0 Å². The molecule has 0 fully saturated rings. The first-order valence-electron chi connectivity index (χ1n) is 6.58. The molecule has 0 heterocycles. The predicted molar refractivity (Wildman–Crippen MR) is 77.9 cm³/mol. The van der Waals surface area contributed by atoms with E-state index >= 15 is 0 Å². The molecule has 0 saturated carbocycles. The molecule has 0 radical (unpaired) electrons. The van der Waals surface area contributed by atoms with Gasteiger partial charge in [-0.3, -0.25) is 0 Å². The van der Waals surface area contributed by atoms with E-state index in [9.17, 15) is 0 Å². The topological polar surface area (TPSA) is 12.0 Å². The average molecular weight is 239 g/mol. The smallest absolute Gasteiger partial charge is 0.0581 e. The third-order valence-electron chi connectivity index (χ3n) is 3.41. The van der Waals surface area contributed by atoms with Crippen molar-refractivity contribution >= 4 is 0 Å². The van der Waals surface area contributed by atoms with Gasteiger partial charge in [0.2, 0.25) is 0 Å². The second-order valence-electron chi connectivity index (χ2n) is 4.70. The maximum Gasteiger partial charge on any atom is 0.0581 e. The van der Waals surface area contributed by atoms with Crippen molar-refractivity contribution in [3.05, 3.63) is 70.8 Å². The molecule has 0 aromatic heterocycles. The molecule has 2 aromatic carbocycles. The molecule has 18 heavy (non-hydrogen) atoms. The van der Waals surface area contributed by atoms with Crippen molar-refractivity contribution in [2.75, 3.05) is 6.54 Å². The van der Waals surface area contributed by atoms with Gasteiger partial charge >= 0.3 is 0 Å². The van der Waals surface area contributed by atoms with Gasteiger partial charge in [0.1, 0.15) is 0 Å². The van der Waals surface area contributed by atoms with E-state index in [1.54, 1.807) is 0 Å². The maximum atomic E-state index is 3.60. The highest BCUT2D eigenvalue weighted by atomic mass is 14.9. The largest absolute Gasteiger partial charge is 0.307 e. The third kappa shape index (κ3) is 2.62. The fraction of sp³-hybridized carbons (Fsp3) is 0.294. The molecule has 2 rings (SSSR count). The van der Waals surface area contributed by atoms with Crippen molar-refractivity contribution in [3.63, 3.8) is 0 Å². The highest BCUT2D eigenvalue weighted by Gasteiger charge is 2.15. The van der Waals surface area contributed by atoms with E-state index in [0.29, 0.717) is 0 Å². The van der Waals surface area contributed by atoms with Crippen molar-refractivity contribution in [1.29, 1.82) is 0 Å². The molecule has 0 saturated heterocycles. The highest BCUT2D eigenvalue weighted by molar-refractivity contribution is 5.40. The lowest BCUT2D eigenvalue weighted by molar-refractivity contribution is 0.625. The zero-order valence-electron chi connectivity index (χ0n) is 11.4. The van der Waals surface area contributed by atoms with Crippen molar-refractivity contribution in [1.82, 2.24) is 5.32 Å². The lowest BCUT2D eigenvalue weighted by atomic mass is 9.92. The minimum atomic E-state index is 0.289. The van der Waals surface area contributed by atoms with Crippen LogP contribution in [0.3, 0.4) is 0 Å². The van der Waals surface area contributed by atoms with Crippen LogP contribution in [-0.4, -0.2) is 6.54 Å². The van der Waals surface area contributed by atoms with Gasteiger partial charge in [-0.05, 0) is 42.6 Å². The van der Waals surface area contributed by atoms with Gasteiger partial charge in [0.05, 0.1) is 6.04 Å². The van der Waals surface area contributed by atoms with Gasteiger partial charge in [-0.1, -0.05) is 55.5 Å². The van der Waals surface area contributed by atoms with Crippen LogP contribution in [0.1, 0.15) is 35.2 Å². The summed E-state index contributed by atoms with van der Waals surface area (Å²) in [5.74, 6) is 0. The molecule has 0 unspecified atom stereocenters. The van der Waals surface area contributed by atoms with Crippen molar-refractivity contribution < 1.29 is 0 Å². The molecule has 0 bridgehead atoms. The minimum absolute atomic E-state index is 0.289. The van der Waals surface area contributed by atoms with E-state index in [4.69, 9.17) is 0 Å². The Kier molecular flexibility index (Phi) is 4.16. The van der Waals surface area contributed by atoms with Crippen LogP contribution < -0.4 is 5.32 Å². The molecular formula is C17H21N. The van der Waals surface area contributed by atoms with Crippen LogP contribution >= 0.6 is 0 Å². The molecule has 0 atom stereocenters. The summed E-state index contributed by atoms with van der Waals surface area (Å²) < 4.78 is 0.